The van der Waals surface area contributed by atoms with Crippen LogP contribution in [0.2, 0.25) is 0 Å². The minimum atomic E-state index is 0.0309. The van der Waals surface area contributed by atoms with Crippen LogP contribution in [0.15, 0.2) is 48.6 Å². The van der Waals surface area contributed by atoms with E-state index in [1.807, 2.05) is 32.2 Å². The number of rotatable bonds is 7. The number of Topliss-reactive ketones (excluding diaryl/α,β-unsaturated/α-hetero) is 1. The van der Waals surface area contributed by atoms with E-state index in [0.29, 0.717) is 18.7 Å². The number of hydrogen-bond acceptors (Lipinski definition) is 2. The molecule has 0 N–H and O–H groups in total. The minimum Gasteiger partial charge on any atom is -0.293 e. The van der Waals surface area contributed by atoms with E-state index in [4.69, 9.17) is 6.42 Å². The van der Waals surface area contributed by atoms with Crippen LogP contribution in [0.4, 0.5) is 0 Å². The first-order chi connectivity index (χ1) is 8.15. The summed E-state index contributed by atoms with van der Waals surface area (Å²) < 4.78 is 0. The SMILES string of the molecule is C#CCN(C)CC(=O)C(/C=C\C=C/C)=C/C=C. The lowest BCUT2D eigenvalue weighted by molar-refractivity contribution is -0.115. The number of allylic oxidation sites excluding steroid dienone is 6. The van der Waals surface area contributed by atoms with Crippen LogP contribution in [0.1, 0.15) is 6.92 Å². The fourth-order valence-corrected chi connectivity index (χ4v) is 1.19. The molecule has 0 aliphatic heterocycles. The third-order valence-electron chi connectivity index (χ3n) is 1.97. The number of likely N-dealkylation sites (N-methyl/N-ethyl adjacent to an activating group) is 1. The summed E-state index contributed by atoms with van der Waals surface area (Å²) in [7, 11) is 1.82. The molecule has 0 saturated heterocycles. The summed E-state index contributed by atoms with van der Waals surface area (Å²) in [5.74, 6) is 2.53. The van der Waals surface area contributed by atoms with Gasteiger partial charge in [0, 0.05) is 5.57 Å². The Morgan fingerprint density at radius 1 is 1.47 bits per heavy atom. The Labute approximate surface area is 104 Å². The van der Waals surface area contributed by atoms with Crippen LogP contribution in [0.25, 0.3) is 0 Å². The number of terminal acetylenes is 1. The van der Waals surface area contributed by atoms with Gasteiger partial charge in [0.15, 0.2) is 5.78 Å². The highest BCUT2D eigenvalue weighted by molar-refractivity contribution is 5.99. The maximum atomic E-state index is 11.9. The molecule has 0 saturated carbocycles. The Balaban J connectivity index is 4.62. The summed E-state index contributed by atoms with van der Waals surface area (Å²) in [6, 6.07) is 0. The molecule has 0 radical (unpaired) electrons. The zero-order valence-electron chi connectivity index (χ0n) is 10.5. The van der Waals surface area contributed by atoms with E-state index in [2.05, 4.69) is 12.5 Å². The van der Waals surface area contributed by atoms with E-state index in [1.54, 1.807) is 23.1 Å². The first-order valence-electron chi connectivity index (χ1n) is 5.43. The van der Waals surface area contributed by atoms with Crippen molar-refractivity contribution in [2.75, 3.05) is 20.1 Å². The molecule has 0 aliphatic carbocycles. The molecular weight excluding hydrogens is 210 g/mol. The molecule has 0 unspecified atom stereocenters. The molecule has 0 atom stereocenters. The van der Waals surface area contributed by atoms with Gasteiger partial charge in [0.25, 0.3) is 0 Å². The first kappa shape index (κ1) is 15.2. The van der Waals surface area contributed by atoms with Gasteiger partial charge < -0.3 is 0 Å². The second-order valence-electron chi connectivity index (χ2n) is 3.54. The van der Waals surface area contributed by atoms with Crippen molar-refractivity contribution < 1.29 is 4.79 Å². The van der Waals surface area contributed by atoms with Gasteiger partial charge in [-0.3, -0.25) is 9.69 Å². The van der Waals surface area contributed by atoms with E-state index < -0.39 is 0 Å². The van der Waals surface area contributed by atoms with Gasteiger partial charge in [-0.15, -0.1) is 6.42 Å². The number of carbonyl (C=O) groups is 1. The normalized spacial score (nSPS) is 12.2. The molecule has 0 bridgehead atoms. The predicted octanol–water partition coefficient (Wildman–Crippen LogP) is 2.37. The minimum absolute atomic E-state index is 0.0309. The van der Waals surface area contributed by atoms with Gasteiger partial charge in [-0.05, 0) is 14.0 Å². The molecule has 0 spiro atoms. The van der Waals surface area contributed by atoms with Gasteiger partial charge in [0.05, 0.1) is 13.1 Å². The zero-order valence-corrected chi connectivity index (χ0v) is 10.5. The number of nitrogens with zero attached hydrogens (tertiary/aromatic N) is 1. The average molecular weight is 229 g/mol. The Bertz CT molecular complexity index is 380. The monoisotopic (exact) mass is 229 g/mol. The molecule has 0 rings (SSSR count). The molecule has 0 aromatic rings. The summed E-state index contributed by atoms with van der Waals surface area (Å²) in [4.78, 5) is 13.7. The first-order valence-corrected chi connectivity index (χ1v) is 5.43. The number of hydrogen-bond donors (Lipinski definition) is 0. The van der Waals surface area contributed by atoms with Crippen LogP contribution in [0, 0.1) is 12.3 Å². The molecule has 0 aliphatic rings. The average Bonchev–Trinajstić information content (AvgIpc) is 2.28. The smallest absolute Gasteiger partial charge is 0.176 e. The van der Waals surface area contributed by atoms with Crippen molar-refractivity contribution >= 4 is 5.78 Å². The Morgan fingerprint density at radius 2 is 2.18 bits per heavy atom. The van der Waals surface area contributed by atoms with Gasteiger partial charge in [0.2, 0.25) is 0 Å². The lowest BCUT2D eigenvalue weighted by atomic mass is 10.1. The molecule has 0 fully saturated rings. The molecule has 2 nitrogen and oxygen atoms in total. The van der Waals surface area contributed by atoms with E-state index >= 15 is 0 Å². The van der Waals surface area contributed by atoms with Crippen molar-refractivity contribution in [1.29, 1.82) is 0 Å². The maximum Gasteiger partial charge on any atom is 0.176 e. The third-order valence-corrected chi connectivity index (χ3v) is 1.97. The molecular formula is C15H19NO. The maximum absolute atomic E-state index is 11.9. The van der Waals surface area contributed by atoms with Gasteiger partial charge >= 0.3 is 0 Å². The zero-order chi connectivity index (χ0) is 13.1. The second-order valence-corrected chi connectivity index (χ2v) is 3.54. The summed E-state index contributed by atoms with van der Waals surface area (Å²) in [5.41, 5.74) is 0.627. The number of carbonyl (C=O) groups excluding carboxylic acids is 1. The molecule has 0 amide bonds. The Kier molecular flexibility index (Phi) is 8.36. The van der Waals surface area contributed by atoms with Crippen LogP contribution < -0.4 is 0 Å². The largest absolute Gasteiger partial charge is 0.293 e. The van der Waals surface area contributed by atoms with Crippen molar-refractivity contribution in [3.8, 4) is 12.3 Å². The van der Waals surface area contributed by atoms with Gasteiger partial charge in [-0.2, -0.15) is 0 Å². The fourth-order valence-electron chi connectivity index (χ4n) is 1.19. The highest BCUT2D eigenvalue weighted by atomic mass is 16.1. The van der Waals surface area contributed by atoms with Crippen LogP contribution in [-0.2, 0) is 4.79 Å². The molecule has 90 valence electrons. The summed E-state index contributed by atoms with van der Waals surface area (Å²) in [5, 5.41) is 0. The third kappa shape index (κ3) is 7.10. The van der Waals surface area contributed by atoms with Crippen molar-refractivity contribution in [2.45, 2.75) is 6.92 Å². The van der Waals surface area contributed by atoms with Crippen LogP contribution in [0.3, 0.4) is 0 Å². The summed E-state index contributed by atoms with van der Waals surface area (Å²) >= 11 is 0. The molecule has 0 heterocycles. The van der Waals surface area contributed by atoms with Gasteiger partial charge in [-0.1, -0.05) is 49.0 Å². The van der Waals surface area contributed by atoms with E-state index in [9.17, 15) is 4.79 Å². The van der Waals surface area contributed by atoms with Crippen molar-refractivity contribution in [2.24, 2.45) is 0 Å². The fraction of sp³-hybridized carbons (Fsp3) is 0.267. The van der Waals surface area contributed by atoms with Crippen molar-refractivity contribution in [3.63, 3.8) is 0 Å². The molecule has 17 heavy (non-hydrogen) atoms. The van der Waals surface area contributed by atoms with Crippen LogP contribution >= 0.6 is 0 Å². The van der Waals surface area contributed by atoms with Crippen LogP contribution in [0.5, 0.6) is 0 Å². The quantitative estimate of drug-likeness (QED) is 0.379. The van der Waals surface area contributed by atoms with E-state index in [-0.39, 0.29) is 5.78 Å². The van der Waals surface area contributed by atoms with E-state index in [1.165, 1.54) is 0 Å². The number of ketones is 1. The molecule has 0 aromatic heterocycles. The lowest BCUT2D eigenvalue weighted by Crippen LogP contribution is -2.26. The highest BCUT2D eigenvalue weighted by Gasteiger charge is 2.08. The van der Waals surface area contributed by atoms with Gasteiger partial charge in [0.1, 0.15) is 0 Å². The van der Waals surface area contributed by atoms with Crippen LogP contribution in [-0.4, -0.2) is 30.8 Å². The summed E-state index contributed by atoms with van der Waals surface area (Å²) in [6.45, 7) is 6.29. The topological polar surface area (TPSA) is 20.3 Å². The molecule has 0 aromatic carbocycles. The van der Waals surface area contributed by atoms with Gasteiger partial charge in [-0.25, -0.2) is 0 Å². The van der Waals surface area contributed by atoms with Crippen molar-refractivity contribution in [1.82, 2.24) is 4.90 Å². The second kappa shape index (κ2) is 9.38. The Morgan fingerprint density at radius 3 is 2.71 bits per heavy atom. The molecule has 2 heteroatoms. The Hall–Kier alpha value is -1.85. The van der Waals surface area contributed by atoms with E-state index in [0.717, 1.165) is 0 Å². The highest BCUT2D eigenvalue weighted by Crippen LogP contribution is 2.02. The standard InChI is InChI=1S/C15H19NO/c1-5-8-9-11-14(10-6-2)15(17)13-16(4)12-7-3/h3,5-6,8-11H,2,12-13H2,1,4H3/b8-5-,11-9-,14-10+. The van der Waals surface area contributed by atoms with Crippen molar-refractivity contribution in [3.05, 3.63) is 48.6 Å². The predicted molar refractivity (Wildman–Crippen MR) is 73.6 cm³/mol. The lowest BCUT2D eigenvalue weighted by Gasteiger charge is -2.12. The summed E-state index contributed by atoms with van der Waals surface area (Å²) in [6.07, 6.45) is 15.9.